The molecular weight excluding hydrogens is 332 g/mol. The van der Waals surface area contributed by atoms with Crippen LogP contribution in [0, 0.1) is 13.8 Å². The van der Waals surface area contributed by atoms with Gasteiger partial charge in [0.15, 0.2) is 5.96 Å². The van der Waals surface area contributed by atoms with Crippen LogP contribution in [-0.4, -0.2) is 36.7 Å². The van der Waals surface area contributed by atoms with Gasteiger partial charge in [0.25, 0.3) is 0 Å². The SMILES string of the molecule is CCNC(=NCC1Cc2ccccc2O1)NCCc1sc(C)nc1C. The minimum atomic E-state index is 0.124. The molecular formula is C19H26N4OS. The quantitative estimate of drug-likeness (QED) is 0.616. The number of hydrogen-bond acceptors (Lipinski definition) is 4. The minimum Gasteiger partial charge on any atom is -0.488 e. The number of fused-ring (bicyclic) bond motifs is 1. The maximum absolute atomic E-state index is 5.96. The van der Waals surface area contributed by atoms with Gasteiger partial charge in [0.1, 0.15) is 11.9 Å². The highest BCUT2D eigenvalue weighted by atomic mass is 32.1. The number of nitrogens with one attached hydrogen (secondary N) is 2. The summed E-state index contributed by atoms with van der Waals surface area (Å²) in [5.41, 5.74) is 2.42. The molecule has 0 saturated carbocycles. The van der Waals surface area contributed by atoms with E-state index in [1.807, 2.05) is 12.1 Å². The van der Waals surface area contributed by atoms with Crippen LogP contribution in [0.15, 0.2) is 29.3 Å². The Bertz CT molecular complexity index is 716. The number of para-hydroxylation sites is 1. The first-order valence-corrected chi connectivity index (χ1v) is 9.67. The Hall–Kier alpha value is -2.08. The Labute approximate surface area is 153 Å². The van der Waals surface area contributed by atoms with Crippen LogP contribution in [0.1, 0.15) is 28.1 Å². The average Bonchev–Trinajstić information content (AvgIpc) is 3.15. The summed E-state index contributed by atoms with van der Waals surface area (Å²) in [5, 5.41) is 7.85. The van der Waals surface area contributed by atoms with Crippen LogP contribution in [0.3, 0.4) is 0 Å². The molecule has 0 radical (unpaired) electrons. The molecule has 0 amide bonds. The van der Waals surface area contributed by atoms with Gasteiger partial charge >= 0.3 is 0 Å². The van der Waals surface area contributed by atoms with Crippen molar-refractivity contribution in [1.82, 2.24) is 15.6 Å². The van der Waals surface area contributed by atoms with Crippen molar-refractivity contribution < 1.29 is 4.74 Å². The molecule has 1 aliphatic rings. The molecule has 25 heavy (non-hydrogen) atoms. The predicted molar refractivity (Wildman–Crippen MR) is 104 cm³/mol. The van der Waals surface area contributed by atoms with E-state index in [1.165, 1.54) is 10.4 Å². The highest BCUT2D eigenvalue weighted by Gasteiger charge is 2.21. The molecule has 1 aromatic heterocycles. The molecule has 2 aromatic rings. The molecule has 0 saturated heterocycles. The van der Waals surface area contributed by atoms with Gasteiger partial charge in [-0.25, -0.2) is 9.98 Å². The second-order valence-corrected chi connectivity index (χ2v) is 7.48. The maximum Gasteiger partial charge on any atom is 0.191 e. The third-order valence-corrected chi connectivity index (χ3v) is 5.29. The van der Waals surface area contributed by atoms with Crippen LogP contribution in [0.2, 0.25) is 0 Å². The first kappa shape index (κ1) is 17.7. The smallest absolute Gasteiger partial charge is 0.191 e. The number of ether oxygens (including phenoxy) is 1. The second kappa shape index (κ2) is 8.34. The van der Waals surface area contributed by atoms with E-state index in [0.717, 1.165) is 48.3 Å². The predicted octanol–water partition coefficient (Wildman–Crippen LogP) is 2.86. The van der Waals surface area contributed by atoms with Crippen molar-refractivity contribution in [3.8, 4) is 5.75 Å². The molecule has 134 valence electrons. The molecule has 1 aromatic carbocycles. The van der Waals surface area contributed by atoms with E-state index in [2.05, 4.69) is 48.5 Å². The van der Waals surface area contributed by atoms with Gasteiger partial charge in [0, 0.05) is 30.8 Å². The fourth-order valence-corrected chi connectivity index (χ4v) is 3.93. The van der Waals surface area contributed by atoms with Gasteiger partial charge in [-0.1, -0.05) is 18.2 Å². The van der Waals surface area contributed by atoms with Crippen molar-refractivity contribution in [2.75, 3.05) is 19.6 Å². The van der Waals surface area contributed by atoms with Crippen molar-refractivity contribution in [3.63, 3.8) is 0 Å². The van der Waals surface area contributed by atoms with E-state index in [9.17, 15) is 0 Å². The van der Waals surface area contributed by atoms with E-state index in [-0.39, 0.29) is 6.10 Å². The molecule has 1 atom stereocenters. The van der Waals surface area contributed by atoms with Gasteiger partial charge < -0.3 is 15.4 Å². The summed E-state index contributed by atoms with van der Waals surface area (Å²) in [5.74, 6) is 1.85. The lowest BCUT2D eigenvalue weighted by Gasteiger charge is -2.13. The fraction of sp³-hybridized carbons (Fsp3) is 0.474. The van der Waals surface area contributed by atoms with Gasteiger partial charge in [-0.05, 0) is 32.4 Å². The normalized spacial score (nSPS) is 16.4. The summed E-state index contributed by atoms with van der Waals surface area (Å²) in [6.07, 6.45) is 2.02. The van der Waals surface area contributed by atoms with Crippen LogP contribution in [0.4, 0.5) is 0 Å². The first-order chi connectivity index (χ1) is 12.2. The number of guanidine groups is 1. The summed E-state index contributed by atoms with van der Waals surface area (Å²) < 4.78 is 5.96. The largest absolute Gasteiger partial charge is 0.488 e. The number of aryl methyl sites for hydroxylation is 2. The second-order valence-electron chi connectivity index (χ2n) is 6.19. The topological polar surface area (TPSA) is 58.5 Å². The van der Waals surface area contributed by atoms with E-state index >= 15 is 0 Å². The van der Waals surface area contributed by atoms with Crippen LogP contribution >= 0.6 is 11.3 Å². The zero-order valence-corrected chi connectivity index (χ0v) is 15.9. The van der Waals surface area contributed by atoms with Gasteiger partial charge in [-0.2, -0.15) is 0 Å². The number of thiazole rings is 1. The summed E-state index contributed by atoms with van der Waals surface area (Å²) >= 11 is 1.77. The molecule has 0 bridgehead atoms. The van der Waals surface area contributed by atoms with E-state index in [4.69, 9.17) is 9.73 Å². The Morgan fingerprint density at radius 2 is 2.16 bits per heavy atom. The molecule has 1 unspecified atom stereocenters. The van der Waals surface area contributed by atoms with E-state index in [0.29, 0.717) is 6.54 Å². The number of aliphatic imine (C=N–C) groups is 1. The Morgan fingerprint density at radius 1 is 1.32 bits per heavy atom. The number of nitrogens with zero attached hydrogens (tertiary/aromatic N) is 2. The van der Waals surface area contributed by atoms with Crippen molar-refractivity contribution >= 4 is 17.3 Å². The van der Waals surface area contributed by atoms with Crippen molar-refractivity contribution in [3.05, 3.63) is 45.4 Å². The van der Waals surface area contributed by atoms with E-state index in [1.54, 1.807) is 11.3 Å². The minimum absolute atomic E-state index is 0.124. The molecule has 6 heteroatoms. The molecule has 0 aliphatic carbocycles. The van der Waals surface area contributed by atoms with Gasteiger partial charge in [-0.15, -0.1) is 11.3 Å². The molecule has 0 spiro atoms. The fourth-order valence-electron chi connectivity index (χ4n) is 2.99. The zero-order valence-electron chi connectivity index (χ0n) is 15.1. The lowest BCUT2D eigenvalue weighted by molar-refractivity contribution is 0.241. The van der Waals surface area contributed by atoms with Crippen molar-refractivity contribution in [1.29, 1.82) is 0 Å². The lowest BCUT2D eigenvalue weighted by atomic mass is 10.1. The Morgan fingerprint density at radius 3 is 2.88 bits per heavy atom. The summed E-state index contributed by atoms with van der Waals surface area (Å²) in [6.45, 7) is 8.56. The summed E-state index contributed by atoms with van der Waals surface area (Å²) in [6, 6.07) is 8.23. The molecule has 2 N–H and O–H groups in total. The average molecular weight is 359 g/mol. The van der Waals surface area contributed by atoms with Crippen LogP contribution in [-0.2, 0) is 12.8 Å². The maximum atomic E-state index is 5.96. The number of benzene rings is 1. The van der Waals surface area contributed by atoms with E-state index < -0.39 is 0 Å². The van der Waals surface area contributed by atoms with Crippen molar-refractivity contribution in [2.45, 2.75) is 39.7 Å². The Balaban J connectivity index is 1.50. The zero-order chi connectivity index (χ0) is 17.6. The van der Waals surface area contributed by atoms with Crippen LogP contribution in [0.5, 0.6) is 5.75 Å². The highest BCUT2D eigenvalue weighted by molar-refractivity contribution is 7.11. The Kier molecular flexibility index (Phi) is 5.91. The van der Waals surface area contributed by atoms with Crippen molar-refractivity contribution in [2.24, 2.45) is 4.99 Å². The highest BCUT2D eigenvalue weighted by Crippen LogP contribution is 2.28. The third kappa shape index (κ3) is 4.72. The summed E-state index contributed by atoms with van der Waals surface area (Å²) in [7, 11) is 0. The number of rotatable bonds is 6. The monoisotopic (exact) mass is 358 g/mol. The molecule has 2 heterocycles. The van der Waals surface area contributed by atoms with Gasteiger partial charge in [-0.3, -0.25) is 0 Å². The number of aromatic nitrogens is 1. The molecule has 5 nitrogen and oxygen atoms in total. The standard InChI is InChI=1S/C19H26N4OS/c1-4-20-19(21-10-9-18-13(2)23-14(3)25-18)22-12-16-11-15-7-5-6-8-17(15)24-16/h5-8,16H,4,9-12H2,1-3H3,(H2,20,21,22). The van der Waals surface area contributed by atoms with Crippen LogP contribution < -0.4 is 15.4 Å². The third-order valence-electron chi connectivity index (χ3n) is 4.16. The summed E-state index contributed by atoms with van der Waals surface area (Å²) in [4.78, 5) is 10.5. The van der Waals surface area contributed by atoms with Gasteiger partial charge in [0.05, 0.1) is 17.2 Å². The van der Waals surface area contributed by atoms with Crippen LogP contribution in [0.25, 0.3) is 0 Å². The first-order valence-electron chi connectivity index (χ1n) is 8.85. The molecule has 0 fully saturated rings. The van der Waals surface area contributed by atoms with Gasteiger partial charge in [0.2, 0.25) is 0 Å². The molecule has 1 aliphatic heterocycles. The molecule has 3 rings (SSSR count). The lowest BCUT2D eigenvalue weighted by Crippen LogP contribution is -2.39. The number of hydrogen-bond donors (Lipinski definition) is 2.